The number of aliphatic hydroxyl groups excluding tert-OH is 1. The summed E-state index contributed by atoms with van der Waals surface area (Å²) in [4.78, 5) is 11.9. The molecular weight excluding hydrogens is 316 g/mol. The van der Waals surface area contributed by atoms with Crippen LogP contribution in [0.2, 0.25) is 0 Å². The van der Waals surface area contributed by atoms with Crippen LogP contribution in [0.15, 0.2) is 34.3 Å². The lowest BCUT2D eigenvalue weighted by atomic mass is 9.67. The fourth-order valence-electron chi connectivity index (χ4n) is 3.74. The Balaban J connectivity index is 1.95. The van der Waals surface area contributed by atoms with Gasteiger partial charge in [0.15, 0.2) is 5.78 Å². The second-order valence-corrected chi connectivity index (χ2v) is 6.87. The first kappa shape index (κ1) is 14.0. The zero-order valence-corrected chi connectivity index (χ0v) is 13.0. The summed E-state index contributed by atoms with van der Waals surface area (Å²) in [5, 5.41) is 10.4. The molecule has 2 atom stereocenters. The first-order valence-electron chi connectivity index (χ1n) is 7.29. The normalized spacial score (nSPS) is 32.2. The van der Waals surface area contributed by atoms with Gasteiger partial charge in [-0.1, -0.05) is 39.7 Å². The van der Waals surface area contributed by atoms with Crippen molar-refractivity contribution in [3.8, 4) is 0 Å². The van der Waals surface area contributed by atoms with Gasteiger partial charge in [0.25, 0.3) is 0 Å². The third-order valence-electron chi connectivity index (χ3n) is 4.79. The Kier molecular flexibility index (Phi) is 3.83. The number of hydrogen-bond donors (Lipinski definition) is 1. The van der Waals surface area contributed by atoms with E-state index < -0.39 is 6.10 Å². The predicted molar refractivity (Wildman–Crippen MR) is 83.3 cm³/mol. The molecule has 1 spiro atoms. The molecule has 106 valence electrons. The zero-order valence-electron chi connectivity index (χ0n) is 11.4. The smallest absolute Gasteiger partial charge is 0.162 e. The summed E-state index contributed by atoms with van der Waals surface area (Å²) < 4.78 is 1.06. The average molecular weight is 335 g/mol. The van der Waals surface area contributed by atoms with Crippen LogP contribution in [0.25, 0.3) is 6.08 Å². The molecule has 0 bridgehead atoms. The van der Waals surface area contributed by atoms with Crippen molar-refractivity contribution in [3.63, 3.8) is 0 Å². The summed E-state index contributed by atoms with van der Waals surface area (Å²) >= 11 is 3.44. The van der Waals surface area contributed by atoms with E-state index in [0.717, 1.165) is 42.1 Å². The highest BCUT2D eigenvalue weighted by molar-refractivity contribution is 9.10. The number of benzene rings is 1. The van der Waals surface area contributed by atoms with Crippen molar-refractivity contribution in [3.05, 3.63) is 39.9 Å². The molecule has 1 N–H and O–H groups in total. The van der Waals surface area contributed by atoms with Gasteiger partial charge < -0.3 is 5.11 Å². The molecule has 1 aromatic carbocycles. The van der Waals surface area contributed by atoms with Crippen LogP contribution in [-0.4, -0.2) is 17.0 Å². The molecule has 2 fully saturated rings. The van der Waals surface area contributed by atoms with Gasteiger partial charge in [0.1, 0.15) is 6.10 Å². The summed E-state index contributed by atoms with van der Waals surface area (Å²) in [6, 6.07) is 8.19. The van der Waals surface area contributed by atoms with Crippen LogP contribution < -0.4 is 0 Å². The summed E-state index contributed by atoms with van der Waals surface area (Å²) in [7, 11) is 0. The molecule has 2 saturated carbocycles. The summed E-state index contributed by atoms with van der Waals surface area (Å²) in [6.45, 7) is 0. The van der Waals surface area contributed by atoms with Gasteiger partial charge in [0, 0.05) is 16.3 Å². The number of carbonyl (C=O) groups excluding carboxylic acids is 1. The predicted octanol–water partition coefficient (Wildman–Crippen LogP) is 4.12. The van der Waals surface area contributed by atoms with E-state index in [1.807, 2.05) is 12.1 Å². The zero-order chi connectivity index (χ0) is 14.2. The van der Waals surface area contributed by atoms with E-state index in [-0.39, 0.29) is 11.2 Å². The van der Waals surface area contributed by atoms with Gasteiger partial charge in [-0.2, -0.15) is 0 Å². The molecule has 20 heavy (non-hydrogen) atoms. The second-order valence-electron chi connectivity index (χ2n) is 5.95. The summed E-state index contributed by atoms with van der Waals surface area (Å²) in [5.41, 5.74) is 2.14. The minimum atomic E-state index is -0.791. The van der Waals surface area contributed by atoms with Crippen molar-refractivity contribution >= 4 is 27.8 Å². The molecule has 2 aliphatic carbocycles. The maximum Gasteiger partial charge on any atom is 0.162 e. The van der Waals surface area contributed by atoms with Crippen molar-refractivity contribution in [1.29, 1.82) is 0 Å². The molecule has 0 saturated heterocycles. The van der Waals surface area contributed by atoms with E-state index >= 15 is 0 Å². The van der Waals surface area contributed by atoms with E-state index in [0.29, 0.717) is 6.42 Å². The molecule has 0 unspecified atom stereocenters. The van der Waals surface area contributed by atoms with Crippen LogP contribution in [-0.2, 0) is 4.79 Å². The lowest BCUT2D eigenvalue weighted by Crippen LogP contribution is -2.43. The van der Waals surface area contributed by atoms with Crippen LogP contribution in [0.3, 0.4) is 0 Å². The number of aliphatic hydroxyl groups is 1. The van der Waals surface area contributed by atoms with E-state index in [2.05, 4.69) is 34.1 Å². The maximum absolute atomic E-state index is 11.9. The first-order valence-corrected chi connectivity index (χ1v) is 8.08. The average Bonchev–Trinajstić information content (AvgIpc) is 2.82. The number of halogens is 1. The van der Waals surface area contributed by atoms with Gasteiger partial charge in [-0.25, -0.2) is 0 Å². The van der Waals surface area contributed by atoms with Crippen molar-refractivity contribution in [2.75, 3.05) is 0 Å². The van der Waals surface area contributed by atoms with Crippen LogP contribution in [0, 0.1) is 5.41 Å². The second kappa shape index (κ2) is 5.45. The van der Waals surface area contributed by atoms with E-state index in [1.165, 1.54) is 5.57 Å². The molecule has 3 rings (SSSR count). The van der Waals surface area contributed by atoms with Crippen LogP contribution in [0.4, 0.5) is 0 Å². The van der Waals surface area contributed by atoms with Crippen LogP contribution in [0.1, 0.15) is 44.1 Å². The molecule has 0 radical (unpaired) electrons. The van der Waals surface area contributed by atoms with Gasteiger partial charge in [0.2, 0.25) is 0 Å². The Morgan fingerprint density at radius 1 is 1.15 bits per heavy atom. The Bertz CT molecular complexity index is 547. The molecule has 3 heteroatoms. The van der Waals surface area contributed by atoms with Gasteiger partial charge in [-0.3, -0.25) is 4.79 Å². The molecule has 2 nitrogen and oxygen atoms in total. The standard InChI is InChI=1S/C17H19BrO2/c18-14-7-5-12(6-8-14)11-13-3-1-9-17(13)10-2-4-15(19)16(17)20/h5-8,11,16,20H,1-4,9-10H2/b13-11+/t16-,17+/m0/s1. The fraction of sp³-hybridized carbons (Fsp3) is 0.471. The van der Waals surface area contributed by atoms with E-state index in [9.17, 15) is 9.90 Å². The first-order chi connectivity index (χ1) is 9.62. The lowest BCUT2D eigenvalue weighted by molar-refractivity contribution is -0.136. The van der Waals surface area contributed by atoms with E-state index in [4.69, 9.17) is 0 Å². The van der Waals surface area contributed by atoms with Crippen LogP contribution in [0.5, 0.6) is 0 Å². The minimum Gasteiger partial charge on any atom is -0.384 e. The molecule has 1 aromatic rings. The van der Waals surface area contributed by atoms with Crippen molar-refractivity contribution in [2.45, 2.75) is 44.6 Å². The van der Waals surface area contributed by atoms with Crippen molar-refractivity contribution in [2.24, 2.45) is 5.41 Å². The topological polar surface area (TPSA) is 37.3 Å². The van der Waals surface area contributed by atoms with Crippen LogP contribution >= 0.6 is 15.9 Å². The van der Waals surface area contributed by atoms with Gasteiger partial charge in [-0.05, 0) is 49.8 Å². The number of rotatable bonds is 1. The highest BCUT2D eigenvalue weighted by Crippen LogP contribution is 2.52. The summed E-state index contributed by atoms with van der Waals surface area (Å²) in [6.07, 6.45) is 6.81. The number of Topliss-reactive ketones (excluding diaryl/α,β-unsaturated/α-hetero) is 1. The van der Waals surface area contributed by atoms with Crippen molar-refractivity contribution in [1.82, 2.24) is 0 Å². The van der Waals surface area contributed by atoms with Gasteiger partial charge in [0.05, 0.1) is 0 Å². The highest BCUT2D eigenvalue weighted by Gasteiger charge is 2.48. The monoisotopic (exact) mass is 334 g/mol. The van der Waals surface area contributed by atoms with Crippen molar-refractivity contribution < 1.29 is 9.90 Å². The Morgan fingerprint density at radius 2 is 1.80 bits per heavy atom. The molecule has 0 heterocycles. The third kappa shape index (κ3) is 2.38. The molecule has 0 aliphatic heterocycles. The minimum absolute atomic E-state index is 0.0276. The molecular formula is C17H19BrO2. The largest absolute Gasteiger partial charge is 0.384 e. The number of ketones is 1. The number of carbonyl (C=O) groups is 1. The molecule has 0 aromatic heterocycles. The lowest BCUT2D eigenvalue weighted by Gasteiger charge is -2.38. The Hall–Kier alpha value is -0.930. The highest BCUT2D eigenvalue weighted by atomic mass is 79.9. The SMILES string of the molecule is O=C1CCC[C@@]2(CCC/C2=C\c2ccc(Br)cc2)[C@H]1O. The van der Waals surface area contributed by atoms with Gasteiger partial charge >= 0.3 is 0 Å². The van der Waals surface area contributed by atoms with E-state index in [1.54, 1.807) is 0 Å². The Morgan fingerprint density at radius 3 is 2.50 bits per heavy atom. The maximum atomic E-state index is 11.9. The quantitative estimate of drug-likeness (QED) is 0.838. The molecule has 0 amide bonds. The summed E-state index contributed by atoms with van der Waals surface area (Å²) in [5.74, 6) is 0.0276. The molecule has 2 aliphatic rings. The third-order valence-corrected chi connectivity index (χ3v) is 5.32. The van der Waals surface area contributed by atoms with Gasteiger partial charge in [-0.15, -0.1) is 0 Å². The Labute approximate surface area is 128 Å². The number of hydrogen-bond acceptors (Lipinski definition) is 2. The fourth-order valence-corrected chi connectivity index (χ4v) is 4.00.